The highest BCUT2D eigenvalue weighted by Crippen LogP contribution is 2.29. The van der Waals surface area contributed by atoms with Crippen LogP contribution in [0.2, 0.25) is 10.3 Å². The topological polar surface area (TPSA) is 42.7 Å². The molecule has 0 bridgehead atoms. The molecule has 0 aliphatic rings. The molecular weight excluding hydrogens is 307 g/mol. The van der Waals surface area contributed by atoms with Crippen molar-refractivity contribution in [2.75, 3.05) is 5.32 Å². The minimum Gasteiger partial charge on any atom is -0.378 e. The quantitative estimate of drug-likeness (QED) is 0.853. The smallest absolute Gasteiger partial charge is 0.154 e. The number of aryl methyl sites for hydroxylation is 2. The second-order valence-electron chi connectivity index (χ2n) is 6.21. The zero-order valence-corrected chi connectivity index (χ0v) is 14.5. The van der Waals surface area contributed by atoms with Crippen LogP contribution in [0.3, 0.4) is 0 Å². The molecule has 0 spiro atoms. The van der Waals surface area contributed by atoms with E-state index in [2.05, 4.69) is 36.2 Å². The zero-order valence-electron chi connectivity index (χ0n) is 13.0. The van der Waals surface area contributed by atoms with E-state index in [1.54, 1.807) is 6.07 Å². The lowest BCUT2D eigenvalue weighted by Gasteiger charge is -2.18. The largest absolute Gasteiger partial charge is 0.378 e. The van der Waals surface area contributed by atoms with E-state index in [1.165, 1.54) is 0 Å². The Hall–Kier alpha value is -1.26. The minimum absolute atomic E-state index is 0.00460. The Morgan fingerprint density at radius 3 is 2.52 bits per heavy atom. The van der Waals surface area contributed by atoms with Crippen molar-refractivity contribution in [3.63, 3.8) is 0 Å². The molecule has 6 heteroatoms. The fraction of sp³-hybridized carbons (Fsp3) is 0.467. The minimum atomic E-state index is -0.00460. The molecule has 0 atom stereocenters. The molecule has 0 fully saturated rings. The molecule has 21 heavy (non-hydrogen) atoms. The van der Waals surface area contributed by atoms with Crippen molar-refractivity contribution in [3.8, 4) is 0 Å². The molecule has 0 aliphatic carbocycles. The Labute approximate surface area is 135 Å². The number of pyridine rings is 1. The lowest BCUT2D eigenvalue weighted by atomic mass is 9.89. The summed E-state index contributed by atoms with van der Waals surface area (Å²) in [6, 6.07) is 1.80. The number of halogens is 2. The second kappa shape index (κ2) is 5.85. The number of hydrogen-bond acceptors (Lipinski definition) is 3. The summed E-state index contributed by atoms with van der Waals surface area (Å²) in [5.41, 5.74) is 4.00. The van der Waals surface area contributed by atoms with Crippen LogP contribution in [0.1, 0.15) is 37.6 Å². The molecule has 114 valence electrons. The highest BCUT2D eigenvalue weighted by atomic mass is 35.5. The number of nitrogens with zero attached hydrogens (tertiary/aromatic N) is 3. The molecule has 0 saturated carbocycles. The van der Waals surface area contributed by atoms with Crippen LogP contribution in [0.5, 0.6) is 0 Å². The third-order valence-electron chi connectivity index (χ3n) is 3.21. The standard InChI is InChI=1S/C15H20Cl2N4/c1-9-6-11(16)19-14(17)12(9)18-7-10-8-21(5)20-13(10)15(2,3)4/h6,8,18H,7H2,1-5H3. The van der Waals surface area contributed by atoms with Crippen molar-refractivity contribution in [2.45, 2.75) is 39.7 Å². The highest BCUT2D eigenvalue weighted by Gasteiger charge is 2.22. The molecule has 0 amide bonds. The molecule has 0 aliphatic heterocycles. The van der Waals surface area contributed by atoms with Crippen LogP contribution in [0.25, 0.3) is 0 Å². The Morgan fingerprint density at radius 1 is 1.29 bits per heavy atom. The molecule has 1 N–H and O–H groups in total. The predicted molar refractivity (Wildman–Crippen MR) is 88.2 cm³/mol. The van der Waals surface area contributed by atoms with Crippen molar-refractivity contribution < 1.29 is 0 Å². The summed E-state index contributed by atoms with van der Waals surface area (Å²) in [5.74, 6) is 0. The Morgan fingerprint density at radius 2 is 1.95 bits per heavy atom. The lowest BCUT2D eigenvalue weighted by molar-refractivity contribution is 0.549. The van der Waals surface area contributed by atoms with Gasteiger partial charge in [0.1, 0.15) is 5.15 Å². The van der Waals surface area contributed by atoms with Crippen LogP contribution in [-0.2, 0) is 19.0 Å². The van der Waals surface area contributed by atoms with Gasteiger partial charge in [-0.2, -0.15) is 5.10 Å². The van der Waals surface area contributed by atoms with Gasteiger partial charge in [0.15, 0.2) is 5.15 Å². The first-order valence-electron chi connectivity index (χ1n) is 6.78. The van der Waals surface area contributed by atoms with Gasteiger partial charge >= 0.3 is 0 Å². The maximum absolute atomic E-state index is 6.16. The average molecular weight is 327 g/mol. The first-order chi connectivity index (χ1) is 9.68. The molecule has 4 nitrogen and oxygen atoms in total. The normalized spacial score (nSPS) is 11.8. The van der Waals surface area contributed by atoms with Gasteiger partial charge in [-0.1, -0.05) is 44.0 Å². The summed E-state index contributed by atoms with van der Waals surface area (Å²) in [5, 5.41) is 8.70. The number of nitrogens with one attached hydrogen (secondary N) is 1. The van der Waals surface area contributed by atoms with Gasteiger partial charge in [0.05, 0.1) is 11.4 Å². The molecule has 0 aromatic carbocycles. The first kappa shape index (κ1) is 16.1. The molecule has 0 radical (unpaired) electrons. The predicted octanol–water partition coefficient (Wildman–Crippen LogP) is 4.34. The van der Waals surface area contributed by atoms with Crippen molar-refractivity contribution >= 4 is 28.9 Å². The van der Waals surface area contributed by atoms with E-state index in [4.69, 9.17) is 23.2 Å². The van der Waals surface area contributed by atoms with Crippen LogP contribution in [0.4, 0.5) is 5.69 Å². The van der Waals surface area contributed by atoms with E-state index in [0.717, 1.165) is 22.5 Å². The summed E-state index contributed by atoms with van der Waals surface area (Å²) >= 11 is 12.0. The average Bonchev–Trinajstić information content (AvgIpc) is 2.69. The third-order valence-corrected chi connectivity index (χ3v) is 3.68. The van der Waals surface area contributed by atoms with Crippen molar-refractivity contribution in [1.82, 2.24) is 14.8 Å². The summed E-state index contributed by atoms with van der Waals surface area (Å²) in [6.45, 7) is 9.06. The van der Waals surface area contributed by atoms with Crippen molar-refractivity contribution in [1.29, 1.82) is 0 Å². The van der Waals surface area contributed by atoms with Gasteiger partial charge in [-0.05, 0) is 18.6 Å². The van der Waals surface area contributed by atoms with Gasteiger partial charge in [-0.15, -0.1) is 0 Å². The molecule has 2 rings (SSSR count). The summed E-state index contributed by atoms with van der Waals surface area (Å²) in [7, 11) is 1.93. The number of anilines is 1. The monoisotopic (exact) mass is 326 g/mol. The third kappa shape index (κ3) is 3.69. The van der Waals surface area contributed by atoms with Gasteiger partial charge in [0.25, 0.3) is 0 Å². The Bertz CT molecular complexity index is 633. The fourth-order valence-corrected chi connectivity index (χ4v) is 2.89. The maximum Gasteiger partial charge on any atom is 0.154 e. The van der Waals surface area contributed by atoms with Crippen molar-refractivity contribution in [2.24, 2.45) is 7.05 Å². The summed E-state index contributed by atoms with van der Waals surface area (Å²) in [6.07, 6.45) is 2.03. The first-order valence-corrected chi connectivity index (χ1v) is 7.53. The Kier molecular flexibility index (Phi) is 4.49. The molecule has 0 saturated heterocycles. The van der Waals surface area contributed by atoms with Crippen molar-refractivity contribution in [3.05, 3.63) is 39.4 Å². The van der Waals surface area contributed by atoms with E-state index >= 15 is 0 Å². The van der Waals surface area contributed by atoms with Gasteiger partial charge in [-0.3, -0.25) is 4.68 Å². The van der Waals surface area contributed by atoms with Crippen LogP contribution in [0.15, 0.2) is 12.3 Å². The van der Waals surface area contributed by atoms with Crippen LogP contribution < -0.4 is 5.32 Å². The summed E-state index contributed by atoms with van der Waals surface area (Å²) < 4.78 is 1.84. The van der Waals surface area contributed by atoms with Crippen LogP contribution in [-0.4, -0.2) is 14.8 Å². The van der Waals surface area contributed by atoms with E-state index < -0.39 is 0 Å². The summed E-state index contributed by atoms with van der Waals surface area (Å²) in [4.78, 5) is 4.07. The SMILES string of the molecule is Cc1cc(Cl)nc(Cl)c1NCc1cn(C)nc1C(C)(C)C. The van der Waals surface area contributed by atoms with E-state index in [0.29, 0.717) is 16.9 Å². The Balaban J connectivity index is 2.25. The lowest BCUT2D eigenvalue weighted by Crippen LogP contribution is -2.16. The zero-order chi connectivity index (χ0) is 15.8. The second-order valence-corrected chi connectivity index (χ2v) is 6.95. The number of aromatic nitrogens is 3. The van der Waals surface area contributed by atoms with Crippen LogP contribution in [0, 0.1) is 6.92 Å². The van der Waals surface area contributed by atoms with Gasteiger partial charge in [0.2, 0.25) is 0 Å². The van der Waals surface area contributed by atoms with E-state index in [-0.39, 0.29) is 5.41 Å². The molecule has 2 aromatic heterocycles. The number of rotatable bonds is 3. The van der Waals surface area contributed by atoms with Crippen LogP contribution >= 0.6 is 23.2 Å². The highest BCUT2D eigenvalue weighted by molar-refractivity contribution is 6.34. The molecule has 0 unspecified atom stereocenters. The maximum atomic E-state index is 6.16. The van der Waals surface area contributed by atoms with Gasteiger partial charge in [0, 0.05) is 30.8 Å². The fourth-order valence-electron chi connectivity index (χ4n) is 2.29. The van der Waals surface area contributed by atoms with E-state index in [1.807, 2.05) is 24.9 Å². The van der Waals surface area contributed by atoms with Gasteiger partial charge < -0.3 is 5.32 Å². The van der Waals surface area contributed by atoms with Gasteiger partial charge in [-0.25, -0.2) is 4.98 Å². The number of hydrogen-bond donors (Lipinski definition) is 1. The molecule has 2 aromatic rings. The molecule has 2 heterocycles. The van der Waals surface area contributed by atoms with E-state index in [9.17, 15) is 0 Å². The molecular formula is C15H20Cl2N4.